The van der Waals surface area contributed by atoms with Crippen molar-refractivity contribution in [2.45, 2.75) is 49.3 Å². The SMILES string of the molecule is CC(C)(C)c1ccc(S(=O)(=O)N2CCCC(N)C2)s1.Cl. The summed E-state index contributed by atoms with van der Waals surface area (Å²) in [5.74, 6) is 0. The van der Waals surface area contributed by atoms with Gasteiger partial charge in [0.1, 0.15) is 4.21 Å². The fourth-order valence-electron chi connectivity index (χ4n) is 2.18. The van der Waals surface area contributed by atoms with Crippen molar-refractivity contribution in [1.29, 1.82) is 0 Å². The van der Waals surface area contributed by atoms with Crippen molar-refractivity contribution < 1.29 is 8.42 Å². The molecule has 2 rings (SSSR count). The Morgan fingerprint density at radius 3 is 2.50 bits per heavy atom. The fourth-order valence-corrected chi connectivity index (χ4v) is 5.23. The van der Waals surface area contributed by atoms with Gasteiger partial charge in [0.05, 0.1) is 0 Å². The number of halogens is 1. The maximum atomic E-state index is 12.6. The normalized spacial score (nSPS) is 21.5. The molecule has 1 unspecified atom stereocenters. The Hall–Kier alpha value is -0.140. The van der Waals surface area contributed by atoms with E-state index in [1.165, 1.54) is 15.6 Å². The van der Waals surface area contributed by atoms with Crippen molar-refractivity contribution in [3.05, 3.63) is 17.0 Å². The average Bonchev–Trinajstić information content (AvgIpc) is 2.78. The second kappa shape index (κ2) is 6.32. The van der Waals surface area contributed by atoms with E-state index in [1.54, 1.807) is 6.07 Å². The third-order valence-corrected chi connectivity index (χ3v) is 7.18. The topological polar surface area (TPSA) is 63.4 Å². The lowest BCUT2D eigenvalue weighted by Gasteiger charge is -2.29. The van der Waals surface area contributed by atoms with Gasteiger partial charge in [0, 0.05) is 24.0 Å². The van der Waals surface area contributed by atoms with E-state index in [0.29, 0.717) is 17.3 Å². The van der Waals surface area contributed by atoms with Gasteiger partial charge in [-0.3, -0.25) is 0 Å². The third-order valence-electron chi connectivity index (χ3n) is 3.34. The van der Waals surface area contributed by atoms with E-state index in [0.717, 1.165) is 17.7 Å². The first-order chi connectivity index (χ1) is 8.71. The van der Waals surface area contributed by atoms with Gasteiger partial charge >= 0.3 is 0 Å². The van der Waals surface area contributed by atoms with Crippen molar-refractivity contribution >= 4 is 33.8 Å². The van der Waals surface area contributed by atoms with Crippen LogP contribution in [-0.4, -0.2) is 31.9 Å². The van der Waals surface area contributed by atoms with Crippen LogP contribution in [0, 0.1) is 0 Å². The molecule has 0 spiro atoms. The van der Waals surface area contributed by atoms with Crippen LogP contribution in [0.15, 0.2) is 16.3 Å². The van der Waals surface area contributed by atoms with Crippen LogP contribution in [0.25, 0.3) is 0 Å². The highest BCUT2D eigenvalue weighted by Crippen LogP contribution is 2.33. The summed E-state index contributed by atoms with van der Waals surface area (Å²) in [4.78, 5) is 1.09. The zero-order valence-corrected chi connectivity index (χ0v) is 14.6. The van der Waals surface area contributed by atoms with Gasteiger partial charge in [0.15, 0.2) is 0 Å². The summed E-state index contributed by atoms with van der Waals surface area (Å²) < 4.78 is 27.1. The van der Waals surface area contributed by atoms with Crippen molar-refractivity contribution in [2.24, 2.45) is 5.73 Å². The quantitative estimate of drug-likeness (QED) is 0.901. The van der Waals surface area contributed by atoms with Gasteiger partial charge < -0.3 is 5.73 Å². The highest BCUT2D eigenvalue weighted by molar-refractivity contribution is 7.91. The number of nitrogens with zero attached hydrogens (tertiary/aromatic N) is 1. The minimum absolute atomic E-state index is 0. The van der Waals surface area contributed by atoms with E-state index in [9.17, 15) is 8.42 Å². The molecule has 0 bridgehead atoms. The summed E-state index contributed by atoms with van der Waals surface area (Å²) in [6, 6.07) is 3.60. The maximum absolute atomic E-state index is 12.6. The van der Waals surface area contributed by atoms with Crippen molar-refractivity contribution in [3.8, 4) is 0 Å². The minimum Gasteiger partial charge on any atom is -0.327 e. The molecule has 1 aromatic heterocycles. The first-order valence-electron chi connectivity index (χ1n) is 6.57. The summed E-state index contributed by atoms with van der Waals surface area (Å²) in [6.45, 7) is 7.29. The lowest BCUT2D eigenvalue weighted by Crippen LogP contribution is -2.45. The van der Waals surface area contributed by atoms with Gasteiger partial charge in [0.2, 0.25) is 0 Å². The number of hydrogen-bond donors (Lipinski definition) is 1. The molecule has 0 aliphatic carbocycles. The van der Waals surface area contributed by atoms with Crippen LogP contribution in [0.1, 0.15) is 38.5 Å². The molecule has 4 nitrogen and oxygen atoms in total. The Morgan fingerprint density at radius 2 is 2.00 bits per heavy atom. The van der Waals surface area contributed by atoms with Gasteiger partial charge in [0.25, 0.3) is 10.0 Å². The molecular formula is C13H23ClN2O2S2. The Labute approximate surface area is 131 Å². The molecule has 0 radical (unpaired) electrons. The molecular weight excluding hydrogens is 316 g/mol. The molecule has 1 fully saturated rings. The van der Waals surface area contributed by atoms with Gasteiger partial charge in [-0.25, -0.2) is 8.42 Å². The molecule has 116 valence electrons. The van der Waals surface area contributed by atoms with E-state index in [2.05, 4.69) is 20.8 Å². The number of rotatable bonds is 2. The van der Waals surface area contributed by atoms with Gasteiger partial charge in [-0.05, 0) is 30.4 Å². The lowest BCUT2D eigenvalue weighted by atomic mass is 9.95. The van der Waals surface area contributed by atoms with E-state index >= 15 is 0 Å². The van der Waals surface area contributed by atoms with Crippen LogP contribution in [0.3, 0.4) is 0 Å². The molecule has 1 aromatic rings. The minimum atomic E-state index is -3.36. The van der Waals surface area contributed by atoms with Crippen LogP contribution in [0.5, 0.6) is 0 Å². The molecule has 20 heavy (non-hydrogen) atoms. The summed E-state index contributed by atoms with van der Waals surface area (Å²) in [5, 5.41) is 0. The number of nitrogens with two attached hydrogens (primary N) is 1. The Kier molecular flexibility index (Phi) is 5.66. The molecule has 1 aliphatic heterocycles. The summed E-state index contributed by atoms with van der Waals surface area (Å²) in [6.07, 6.45) is 1.75. The maximum Gasteiger partial charge on any atom is 0.252 e. The fraction of sp³-hybridized carbons (Fsp3) is 0.692. The molecule has 2 heterocycles. The summed E-state index contributed by atoms with van der Waals surface area (Å²) in [7, 11) is -3.36. The standard InChI is InChI=1S/C13H22N2O2S2.ClH/c1-13(2,3)11-6-7-12(18-11)19(16,17)15-8-4-5-10(14)9-15;/h6-7,10H,4-5,8-9,14H2,1-3H3;1H. The number of sulfonamides is 1. The van der Waals surface area contributed by atoms with E-state index < -0.39 is 10.0 Å². The second-order valence-electron chi connectivity index (χ2n) is 6.13. The zero-order valence-electron chi connectivity index (χ0n) is 12.1. The predicted molar refractivity (Wildman–Crippen MR) is 86.2 cm³/mol. The molecule has 0 saturated carbocycles. The molecule has 2 N–H and O–H groups in total. The Morgan fingerprint density at radius 1 is 1.35 bits per heavy atom. The molecule has 1 saturated heterocycles. The van der Waals surface area contributed by atoms with Crippen LogP contribution in [0.2, 0.25) is 0 Å². The van der Waals surface area contributed by atoms with Gasteiger partial charge in [-0.2, -0.15) is 4.31 Å². The first-order valence-corrected chi connectivity index (χ1v) is 8.83. The molecule has 1 atom stereocenters. The number of thiophene rings is 1. The van der Waals surface area contributed by atoms with E-state index in [-0.39, 0.29) is 23.9 Å². The van der Waals surface area contributed by atoms with E-state index in [1.807, 2.05) is 6.07 Å². The highest BCUT2D eigenvalue weighted by Gasteiger charge is 2.31. The smallest absolute Gasteiger partial charge is 0.252 e. The largest absolute Gasteiger partial charge is 0.327 e. The lowest BCUT2D eigenvalue weighted by molar-refractivity contribution is 0.316. The monoisotopic (exact) mass is 338 g/mol. The summed E-state index contributed by atoms with van der Waals surface area (Å²) >= 11 is 1.37. The summed E-state index contributed by atoms with van der Waals surface area (Å²) in [5.41, 5.74) is 5.85. The Balaban J connectivity index is 0.00000200. The number of hydrogen-bond acceptors (Lipinski definition) is 4. The first kappa shape index (κ1) is 17.9. The number of piperidine rings is 1. The predicted octanol–water partition coefficient (Wildman–Crippen LogP) is 2.58. The molecule has 7 heteroatoms. The van der Waals surface area contributed by atoms with Crippen LogP contribution < -0.4 is 5.73 Å². The van der Waals surface area contributed by atoms with Crippen molar-refractivity contribution in [3.63, 3.8) is 0 Å². The Bertz CT molecular complexity index is 549. The molecule has 0 amide bonds. The van der Waals surface area contributed by atoms with E-state index in [4.69, 9.17) is 5.73 Å². The molecule has 0 aromatic carbocycles. The third kappa shape index (κ3) is 3.74. The second-order valence-corrected chi connectivity index (χ2v) is 9.38. The van der Waals surface area contributed by atoms with Gasteiger partial charge in [-0.15, -0.1) is 23.7 Å². The highest BCUT2D eigenvalue weighted by atomic mass is 35.5. The van der Waals surface area contributed by atoms with Crippen molar-refractivity contribution in [1.82, 2.24) is 4.31 Å². The zero-order chi connectivity index (χ0) is 14.3. The van der Waals surface area contributed by atoms with Crippen molar-refractivity contribution in [2.75, 3.05) is 13.1 Å². The molecule has 1 aliphatic rings. The van der Waals surface area contributed by atoms with Crippen LogP contribution >= 0.6 is 23.7 Å². The average molecular weight is 339 g/mol. The van der Waals surface area contributed by atoms with Gasteiger partial charge in [-0.1, -0.05) is 20.8 Å². The van der Waals surface area contributed by atoms with Crippen LogP contribution in [-0.2, 0) is 15.4 Å². The van der Waals surface area contributed by atoms with Crippen LogP contribution in [0.4, 0.5) is 0 Å².